The van der Waals surface area contributed by atoms with E-state index in [1.165, 1.54) is 0 Å². The van der Waals surface area contributed by atoms with Gasteiger partial charge >= 0.3 is 0 Å². The molecule has 0 bridgehead atoms. The van der Waals surface area contributed by atoms with Crippen LogP contribution in [-0.2, 0) is 0 Å². The van der Waals surface area contributed by atoms with Gasteiger partial charge in [0.25, 0.3) is 0 Å². The molecule has 2 N–H and O–H groups in total. The van der Waals surface area contributed by atoms with Gasteiger partial charge in [-0.3, -0.25) is 0 Å². The molecule has 1 aromatic carbocycles. The normalized spacial score (nSPS) is 10.0. The first-order valence-corrected chi connectivity index (χ1v) is 4.84. The average molecular weight is 202 g/mol. The first-order valence-electron chi connectivity index (χ1n) is 4.84. The van der Waals surface area contributed by atoms with Crippen LogP contribution in [0.2, 0.25) is 0 Å². The van der Waals surface area contributed by atoms with Gasteiger partial charge in [0.05, 0.1) is 12.8 Å². The van der Waals surface area contributed by atoms with Gasteiger partial charge in [0.2, 0.25) is 0 Å². The second-order valence-electron chi connectivity index (χ2n) is 3.37. The maximum absolute atomic E-state index is 5.09. The predicted octanol–water partition coefficient (Wildman–Crippen LogP) is 3.08. The van der Waals surface area contributed by atoms with Crippen molar-refractivity contribution in [3.8, 4) is 5.75 Å². The summed E-state index contributed by atoms with van der Waals surface area (Å²) in [6.45, 7) is 2.03. The van der Waals surface area contributed by atoms with E-state index in [2.05, 4.69) is 10.3 Å². The highest BCUT2D eigenvalue weighted by atomic mass is 16.5. The predicted molar refractivity (Wildman–Crippen MR) is 61.8 cm³/mol. The highest BCUT2D eigenvalue weighted by Crippen LogP contribution is 2.21. The van der Waals surface area contributed by atoms with E-state index in [0.717, 1.165) is 22.8 Å². The number of hydrogen-bond donors (Lipinski definition) is 2. The lowest BCUT2D eigenvalue weighted by Gasteiger charge is -2.06. The van der Waals surface area contributed by atoms with E-state index in [4.69, 9.17) is 4.74 Å². The Hall–Kier alpha value is -1.90. The van der Waals surface area contributed by atoms with E-state index in [0.29, 0.717) is 0 Å². The number of aryl methyl sites for hydroxylation is 1. The van der Waals surface area contributed by atoms with Crippen molar-refractivity contribution >= 4 is 11.4 Å². The Morgan fingerprint density at radius 1 is 1.13 bits per heavy atom. The quantitative estimate of drug-likeness (QED) is 0.802. The Morgan fingerprint density at radius 2 is 1.87 bits per heavy atom. The van der Waals surface area contributed by atoms with E-state index >= 15 is 0 Å². The van der Waals surface area contributed by atoms with Crippen molar-refractivity contribution in [3.05, 3.63) is 42.2 Å². The summed E-state index contributed by atoms with van der Waals surface area (Å²) in [4.78, 5) is 3.12. The molecule has 1 heterocycles. The molecule has 0 unspecified atom stereocenters. The number of hydrogen-bond acceptors (Lipinski definition) is 2. The lowest BCUT2D eigenvalue weighted by atomic mass is 10.3. The van der Waals surface area contributed by atoms with Crippen molar-refractivity contribution in [1.82, 2.24) is 4.98 Å². The summed E-state index contributed by atoms with van der Waals surface area (Å²) >= 11 is 0. The Bertz CT molecular complexity index is 431. The number of ether oxygens (including phenoxy) is 1. The molecule has 78 valence electrons. The fourth-order valence-electron chi connectivity index (χ4n) is 1.42. The summed E-state index contributed by atoms with van der Waals surface area (Å²) in [7, 11) is 1.67. The van der Waals surface area contributed by atoms with Crippen molar-refractivity contribution in [2.24, 2.45) is 0 Å². The van der Waals surface area contributed by atoms with Crippen LogP contribution in [0.1, 0.15) is 5.69 Å². The molecular formula is C12H14N2O. The van der Waals surface area contributed by atoms with E-state index in [1.807, 2.05) is 43.5 Å². The van der Waals surface area contributed by atoms with Gasteiger partial charge in [0.1, 0.15) is 5.75 Å². The van der Waals surface area contributed by atoms with Crippen molar-refractivity contribution in [2.75, 3.05) is 12.4 Å². The Labute approximate surface area is 89.1 Å². The summed E-state index contributed by atoms with van der Waals surface area (Å²) in [5.41, 5.74) is 3.28. The SMILES string of the molecule is COc1ccc(Nc2cc[nH]c2C)cc1. The van der Waals surface area contributed by atoms with Gasteiger partial charge < -0.3 is 15.0 Å². The largest absolute Gasteiger partial charge is 0.497 e. The molecular weight excluding hydrogens is 188 g/mol. The molecule has 1 aromatic heterocycles. The highest BCUT2D eigenvalue weighted by molar-refractivity contribution is 5.62. The van der Waals surface area contributed by atoms with Crippen LogP contribution in [0.3, 0.4) is 0 Å². The molecule has 0 saturated heterocycles. The molecule has 3 heteroatoms. The minimum atomic E-state index is 0.867. The van der Waals surface area contributed by atoms with Crippen molar-refractivity contribution in [3.63, 3.8) is 0 Å². The lowest BCUT2D eigenvalue weighted by molar-refractivity contribution is 0.415. The van der Waals surface area contributed by atoms with Gasteiger partial charge in [0.15, 0.2) is 0 Å². The van der Waals surface area contributed by atoms with Crippen LogP contribution < -0.4 is 10.1 Å². The van der Waals surface area contributed by atoms with Crippen LogP contribution >= 0.6 is 0 Å². The summed E-state index contributed by atoms with van der Waals surface area (Å²) in [6.07, 6.45) is 1.92. The third-order valence-corrected chi connectivity index (χ3v) is 2.32. The number of benzene rings is 1. The number of methoxy groups -OCH3 is 1. The van der Waals surface area contributed by atoms with Crippen molar-refractivity contribution in [1.29, 1.82) is 0 Å². The number of rotatable bonds is 3. The average Bonchev–Trinajstić information content (AvgIpc) is 2.66. The highest BCUT2D eigenvalue weighted by Gasteiger charge is 1.99. The van der Waals surface area contributed by atoms with Gasteiger partial charge in [-0.25, -0.2) is 0 Å². The fraction of sp³-hybridized carbons (Fsp3) is 0.167. The summed E-state index contributed by atoms with van der Waals surface area (Å²) < 4.78 is 5.09. The first-order chi connectivity index (χ1) is 7.29. The molecule has 15 heavy (non-hydrogen) atoms. The van der Waals surface area contributed by atoms with Crippen molar-refractivity contribution in [2.45, 2.75) is 6.92 Å². The van der Waals surface area contributed by atoms with Crippen LogP contribution in [-0.4, -0.2) is 12.1 Å². The van der Waals surface area contributed by atoms with E-state index in [1.54, 1.807) is 7.11 Å². The number of nitrogens with one attached hydrogen (secondary N) is 2. The van der Waals surface area contributed by atoms with Crippen LogP contribution in [0.5, 0.6) is 5.75 Å². The molecule has 0 aliphatic heterocycles. The van der Waals surface area contributed by atoms with E-state index in [9.17, 15) is 0 Å². The minimum absolute atomic E-state index is 0.867. The molecule has 0 aliphatic rings. The Balaban J connectivity index is 2.14. The summed E-state index contributed by atoms with van der Waals surface area (Å²) in [5, 5.41) is 3.32. The molecule has 0 spiro atoms. The molecule has 0 atom stereocenters. The topological polar surface area (TPSA) is 37.0 Å². The first kappa shape index (κ1) is 9.65. The van der Waals surface area contributed by atoms with Gasteiger partial charge in [-0.15, -0.1) is 0 Å². The standard InChI is InChI=1S/C12H14N2O/c1-9-12(7-8-13-9)14-10-3-5-11(15-2)6-4-10/h3-8,13-14H,1-2H3. The molecule has 3 nitrogen and oxygen atoms in total. The zero-order valence-electron chi connectivity index (χ0n) is 8.87. The zero-order chi connectivity index (χ0) is 10.7. The third-order valence-electron chi connectivity index (χ3n) is 2.32. The van der Waals surface area contributed by atoms with Crippen LogP contribution in [0, 0.1) is 6.92 Å². The minimum Gasteiger partial charge on any atom is -0.497 e. The van der Waals surface area contributed by atoms with Crippen LogP contribution in [0.25, 0.3) is 0 Å². The number of aromatic nitrogens is 1. The number of aromatic amines is 1. The molecule has 0 fully saturated rings. The fourth-order valence-corrected chi connectivity index (χ4v) is 1.42. The van der Waals surface area contributed by atoms with Gasteiger partial charge in [-0.05, 0) is 37.3 Å². The second kappa shape index (κ2) is 4.09. The summed E-state index contributed by atoms with van der Waals surface area (Å²) in [6, 6.07) is 9.87. The Morgan fingerprint density at radius 3 is 2.40 bits per heavy atom. The third kappa shape index (κ3) is 2.13. The van der Waals surface area contributed by atoms with Crippen LogP contribution in [0.4, 0.5) is 11.4 Å². The molecule has 2 rings (SSSR count). The number of H-pyrrole nitrogens is 1. The molecule has 0 saturated carbocycles. The van der Waals surface area contributed by atoms with Gasteiger partial charge in [-0.1, -0.05) is 0 Å². The second-order valence-corrected chi connectivity index (χ2v) is 3.37. The van der Waals surface area contributed by atoms with E-state index in [-0.39, 0.29) is 0 Å². The van der Waals surface area contributed by atoms with Gasteiger partial charge in [0, 0.05) is 17.6 Å². The van der Waals surface area contributed by atoms with Crippen LogP contribution in [0.15, 0.2) is 36.5 Å². The molecule has 0 aliphatic carbocycles. The summed E-state index contributed by atoms with van der Waals surface area (Å²) in [5.74, 6) is 0.867. The lowest BCUT2D eigenvalue weighted by Crippen LogP contribution is -1.90. The van der Waals surface area contributed by atoms with Gasteiger partial charge in [-0.2, -0.15) is 0 Å². The molecule has 0 amide bonds. The van der Waals surface area contributed by atoms with Crippen molar-refractivity contribution < 1.29 is 4.74 Å². The Kier molecular flexibility index (Phi) is 2.63. The monoisotopic (exact) mass is 202 g/mol. The van der Waals surface area contributed by atoms with E-state index < -0.39 is 0 Å². The maximum atomic E-state index is 5.09. The number of anilines is 2. The molecule has 0 radical (unpaired) electrons. The zero-order valence-corrected chi connectivity index (χ0v) is 8.87. The molecule has 2 aromatic rings. The maximum Gasteiger partial charge on any atom is 0.119 e. The smallest absolute Gasteiger partial charge is 0.119 e.